The summed E-state index contributed by atoms with van der Waals surface area (Å²) >= 11 is 0. The molecule has 0 aliphatic heterocycles. The van der Waals surface area contributed by atoms with E-state index < -0.39 is 18.3 Å². The molecular formula is C10H19F3N2O. The van der Waals surface area contributed by atoms with Gasteiger partial charge in [0.2, 0.25) is 0 Å². The largest absolute Gasteiger partial charge is 0.401 e. The van der Waals surface area contributed by atoms with Crippen LogP contribution >= 0.6 is 0 Å². The van der Waals surface area contributed by atoms with Crippen LogP contribution in [0.2, 0.25) is 0 Å². The molecule has 0 bridgehead atoms. The number of halogens is 3. The van der Waals surface area contributed by atoms with Gasteiger partial charge in [-0.25, -0.2) is 0 Å². The van der Waals surface area contributed by atoms with Crippen LogP contribution in [0.15, 0.2) is 0 Å². The minimum atomic E-state index is -4.23. The lowest BCUT2D eigenvalue weighted by atomic mass is 9.97. The molecule has 1 aliphatic rings. The van der Waals surface area contributed by atoms with Gasteiger partial charge in [0.05, 0.1) is 12.1 Å². The second-order valence-corrected chi connectivity index (χ2v) is 4.50. The molecule has 16 heavy (non-hydrogen) atoms. The lowest BCUT2D eigenvalue weighted by molar-refractivity contribution is -0.152. The molecule has 0 heterocycles. The molecule has 1 saturated carbocycles. The summed E-state index contributed by atoms with van der Waals surface area (Å²) in [6.45, 7) is 0.943. The van der Waals surface area contributed by atoms with Gasteiger partial charge in [-0.2, -0.15) is 13.2 Å². The molecule has 1 atom stereocenters. The quantitative estimate of drug-likeness (QED) is 0.727. The fraction of sp³-hybridized carbons (Fsp3) is 1.00. The highest BCUT2D eigenvalue weighted by molar-refractivity contribution is 4.97. The second kappa shape index (κ2) is 4.89. The van der Waals surface area contributed by atoms with Crippen LogP contribution in [0.3, 0.4) is 0 Å². The van der Waals surface area contributed by atoms with Crippen LogP contribution in [0.4, 0.5) is 13.2 Å². The fourth-order valence-electron chi connectivity index (χ4n) is 1.90. The van der Waals surface area contributed by atoms with E-state index in [4.69, 9.17) is 5.73 Å². The van der Waals surface area contributed by atoms with Gasteiger partial charge in [0.15, 0.2) is 0 Å². The van der Waals surface area contributed by atoms with Gasteiger partial charge in [0, 0.05) is 13.1 Å². The van der Waals surface area contributed by atoms with Crippen molar-refractivity contribution in [2.24, 2.45) is 11.7 Å². The highest BCUT2D eigenvalue weighted by Gasteiger charge is 2.44. The molecule has 6 heteroatoms. The molecule has 1 unspecified atom stereocenters. The Morgan fingerprint density at radius 3 is 2.19 bits per heavy atom. The summed E-state index contributed by atoms with van der Waals surface area (Å²) in [5, 5.41) is 10.1. The average Bonchev–Trinajstić information content (AvgIpc) is 2.97. The molecule has 0 aromatic rings. The monoisotopic (exact) mass is 240 g/mol. The van der Waals surface area contributed by atoms with Crippen LogP contribution in [0.1, 0.15) is 19.8 Å². The van der Waals surface area contributed by atoms with Crippen molar-refractivity contribution in [2.45, 2.75) is 31.5 Å². The summed E-state index contributed by atoms with van der Waals surface area (Å²) in [7, 11) is 0. The Bertz CT molecular complexity index is 231. The van der Waals surface area contributed by atoms with E-state index in [1.54, 1.807) is 6.92 Å². The lowest BCUT2D eigenvalue weighted by Crippen LogP contribution is -2.51. The van der Waals surface area contributed by atoms with Crippen LogP contribution in [0.25, 0.3) is 0 Å². The minimum Gasteiger partial charge on any atom is -0.387 e. The zero-order valence-corrected chi connectivity index (χ0v) is 9.43. The first-order valence-electron chi connectivity index (χ1n) is 5.52. The molecule has 1 fully saturated rings. The van der Waals surface area contributed by atoms with Gasteiger partial charge < -0.3 is 10.8 Å². The molecule has 0 aromatic heterocycles. The number of aliphatic hydroxyl groups is 1. The average molecular weight is 240 g/mol. The Balaban J connectivity index is 2.54. The van der Waals surface area contributed by atoms with E-state index in [-0.39, 0.29) is 25.6 Å². The number of hydrogen-bond acceptors (Lipinski definition) is 3. The number of rotatable bonds is 6. The van der Waals surface area contributed by atoms with Crippen molar-refractivity contribution in [3.8, 4) is 0 Å². The van der Waals surface area contributed by atoms with Gasteiger partial charge in [-0.15, -0.1) is 0 Å². The molecule has 0 radical (unpaired) electrons. The van der Waals surface area contributed by atoms with Crippen molar-refractivity contribution in [3.05, 3.63) is 0 Å². The smallest absolute Gasteiger partial charge is 0.387 e. The number of nitrogens with zero attached hydrogens (tertiary/aromatic N) is 1. The van der Waals surface area contributed by atoms with Crippen LogP contribution < -0.4 is 5.73 Å². The van der Waals surface area contributed by atoms with E-state index in [9.17, 15) is 18.3 Å². The second-order valence-electron chi connectivity index (χ2n) is 4.50. The molecule has 1 aliphatic carbocycles. The van der Waals surface area contributed by atoms with Crippen molar-refractivity contribution >= 4 is 0 Å². The van der Waals surface area contributed by atoms with Crippen LogP contribution in [-0.2, 0) is 0 Å². The molecule has 3 N–H and O–H groups in total. The number of nitrogens with two attached hydrogens (primary N) is 1. The third kappa shape index (κ3) is 3.92. The Hall–Kier alpha value is -0.330. The highest BCUT2D eigenvalue weighted by Crippen LogP contribution is 2.39. The van der Waals surface area contributed by atoms with Gasteiger partial charge in [0.1, 0.15) is 0 Å². The normalized spacial score (nSPS) is 21.2. The van der Waals surface area contributed by atoms with Crippen molar-refractivity contribution < 1.29 is 18.3 Å². The van der Waals surface area contributed by atoms with Crippen molar-refractivity contribution in [1.29, 1.82) is 0 Å². The summed E-state index contributed by atoms with van der Waals surface area (Å²) in [5.41, 5.74) is 4.31. The Labute approximate surface area is 93.4 Å². The summed E-state index contributed by atoms with van der Waals surface area (Å²) in [5.74, 6) is 0.0692. The van der Waals surface area contributed by atoms with Gasteiger partial charge in [0.25, 0.3) is 0 Å². The summed E-state index contributed by atoms with van der Waals surface area (Å²) in [4.78, 5) is 1.20. The Morgan fingerprint density at radius 2 is 1.88 bits per heavy atom. The van der Waals surface area contributed by atoms with Crippen molar-refractivity contribution in [1.82, 2.24) is 4.90 Å². The van der Waals surface area contributed by atoms with E-state index in [2.05, 4.69) is 0 Å². The Kier molecular flexibility index (Phi) is 4.20. The van der Waals surface area contributed by atoms with Gasteiger partial charge >= 0.3 is 6.18 Å². The predicted molar refractivity (Wildman–Crippen MR) is 54.9 cm³/mol. The molecule has 0 aromatic carbocycles. The van der Waals surface area contributed by atoms with Crippen LogP contribution in [-0.4, -0.2) is 48.0 Å². The fourth-order valence-corrected chi connectivity index (χ4v) is 1.90. The molecule has 0 saturated heterocycles. The lowest BCUT2D eigenvalue weighted by Gasteiger charge is -2.33. The van der Waals surface area contributed by atoms with E-state index in [1.165, 1.54) is 4.90 Å². The minimum absolute atomic E-state index is 0.00414. The van der Waals surface area contributed by atoms with Gasteiger partial charge in [-0.05, 0) is 25.3 Å². The molecule has 0 amide bonds. The molecule has 1 rings (SSSR count). The first-order valence-corrected chi connectivity index (χ1v) is 5.52. The maximum atomic E-state index is 12.2. The van der Waals surface area contributed by atoms with Crippen molar-refractivity contribution in [2.75, 3.05) is 26.2 Å². The third-order valence-corrected chi connectivity index (χ3v) is 3.04. The van der Waals surface area contributed by atoms with Crippen LogP contribution in [0.5, 0.6) is 0 Å². The SMILES string of the molecule is CCN(CC(F)(F)F)CC(O)(CN)C1CC1. The number of hydrogen-bond donors (Lipinski definition) is 2. The topological polar surface area (TPSA) is 49.5 Å². The molecule has 3 nitrogen and oxygen atoms in total. The summed E-state index contributed by atoms with van der Waals surface area (Å²) in [6.07, 6.45) is -2.51. The maximum absolute atomic E-state index is 12.2. The molecule has 96 valence electrons. The Morgan fingerprint density at radius 1 is 1.31 bits per heavy atom. The van der Waals surface area contributed by atoms with E-state index in [0.29, 0.717) is 0 Å². The van der Waals surface area contributed by atoms with Gasteiger partial charge in [-0.3, -0.25) is 4.90 Å². The zero-order chi connectivity index (χ0) is 12.4. The highest BCUT2D eigenvalue weighted by atomic mass is 19.4. The maximum Gasteiger partial charge on any atom is 0.401 e. The van der Waals surface area contributed by atoms with Crippen LogP contribution in [0, 0.1) is 5.92 Å². The number of likely N-dealkylation sites (N-methyl/N-ethyl adjacent to an activating group) is 1. The summed E-state index contributed by atoms with van der Waals surface area (Å²) in [6, 6.07) is 0. The summed E-state index contributed by atoms with van der Waals surface area (Å²) < 4.78 is 36.7. The van der Waals surface area contributed by atoms with E-state index in [1.807, 2.05) is 0 Å². The molecule has 0 spiro atoms. The van der Waals surface area contributed by atoms with E-state index >= 15 is 0 Å². The zero-order valence-electron chi connectivity index (χ0n) is 9.43. The predicted octanol–water partition coefficient (Wildman–Crippen LogP) is 0.970. The number of alkyl halides is 3. The van der Waals surface area contributed by atoms with E-state index in [0.717, 1.165) is 12.8 Å². The standard InChI is InChI=1S/C10H19F3N2O/c1-2-15(7-10(11,12)13)6-9(16,5-14)8-3-4-8/h8,16H,2-7,14H2,1H3. The van der Waals surface area contributed by atoms with Crippen molar-refractivity contribution in [3.63, 3.8) is 0 Å². The molecular weight excluding hydrogens is 221 g/mol. The first kappa shape index (κ1) is 13.7. The van der Waals surface area contributed by atoms with Gasteiger partial charge in [-0.1, -0.05) is 6.92 Å². The third-order valence-electron chi connectivity index (χ3n) is 3.04. The first-order chi connectivity index (χ1) is 7.30.